The van der Waals surface area contributed by atoms with Crippen LogP contribution in [0.5, 0.6) is 5.75 Å². The van der Waals surface area contributed by atoms with Gasteiger partial charge < -0.3 is 39.6 Å². The van der Waals surface area contributed by atoms with Crippen LogP contribution in [0.4, 0.5) is 11.4 Å². The molecule has 0 saturated carbocycles. The Morgan fingerprint density at radius 2 is 0.913 bits per heavy atom. The molecule has 5 fully saturated rings. The number of rotatable bonds is 12. The Bertz CT molecular complexity index is 3660. The van der Waals surface area contributed by atoms with Gasteiger partial charge in [-0.25, -0.2) is 13.4 Å². The van der Waals surface area contributed by atoms with Gasteiger partial charge in [-0.2, -0.15) is 4.31 Å². The molecule has 0 amide bonds. The van der Waals surface area contributed by atoms with E-state index in [2.05, 4.69) is 286 Å². The number of ether oxygens (including phenoxy) is 2. The average Bonchev–Trinajstić information content (AvgIpc) is 1.46. The van der Waals surface area contributed by atoms with Crippen molar-refractivity contribution in [1.29, 1.82) is 0 Å². The Hall–Kier alpha value is -6.40. The van der Waals surface area contributed by atoms with E-state index in [1.165, 1.54) is 50.3 Å². The van der Waals surface area contributed by atoms with E-state index >= 15 is 0 Å². The quantitative estimate of drug-likeness (QED) is 0.108. The Balaban J connectivity index is 0.000000175. The van der Waals surface area contributed by atoms with Crippen molar-refractivity contribution >= 4 is 21.4 Å². The van der Waals surface area contributed by atoms with Crippen LogP contribution in [-0.2, 0) is 60.3 Å². The minimum absolute atomic E-state index is 0.0343. The molecule has 0 aliphatic carbocycles. The van der Waals surface area contributed by atoms with Crippen LogP contribution in [0.1, 0.15) is 201 Å². The van der Waals surface area contributed by atoms with Crippen LogP contribution in [0.2, 0.25) is 0 Å². The van der Waals surface area contributed by atoms with Crippen LogP contribution >= 0.6 is 0 Å². The first-order valence-electron chi connectivity index (χ1n) is 38.8. The zero-order valence-corrected chi connectivity index (χ0v) is 68.3. The highest BCUT2D eigenvalue weighted by Gasteiger charge is 2.28. The van der Waals surface area contributed by atoms with Gasteiger partial charge in [-0.3, -0.25) is 9.80 Å². The molecule has 0 radical (unpaired) electrons. The van der Waals surface area contributed by atoms with Crippen LogP contribution in [0.25, 0.3) is 0 Å². The second kappa shape index (κ2) is 39.4. The summed E-state index contributed by atoms with van der Waals surface area (Å²) in [6, 6.07) is 51.7. The van der Waals surface area contributed by atoms with Crippen LogP contribution in [0.3, 0.4) is 0 Å². The Morgan fingerprint density at radius 1 is 0.462 bits per heavy atom. The number of benzene rings is 6. The number of β-amino-alcohol motifs (C(OH)–C–C–N with tert-alkyl or cyclic N) is 1. The van der Waals surface area contributed by atoms with Crippen molar-refractivity contribution in [1.82, 2.24) is 34.3 Å². The molecule has 104 heavy (non-hydrogen) atoms. The van der Waals surface area contributed by atoms with E-state index in [4.69, 9.17) is 14.6 Å². The van der Waals surface area contributed by atoms with Gasteiger partial charge in [-0.1, -0.05) is 228 Å². The number of morpholine rings is 1. The highest BCUT2D eigenvalue weighted by Crippen LogP contribution is 2.31. The number of aliphatic hydroxyl groups excluding tert-OH is 1. The summed E-state index contributed by atoms with van der Waals surface area (Å²) >= 11 is 0. The second-order valence-electron chi connectivity index (χ2n) is 35.0. The second-order valence-corrected chi connectivity index (χ2v) is 36.9. The zero-order valence-electron chi connectivity index (χ0n) is 67.5. The maximum atomic E-state index is 12.6. The van der Waals surface area contributed by atoms with E-state index in [0.29, 0.717) is 24.1 Å². The van der Waals surface area contributed by atoms with Gasteiger partial charge in [0.15, 0.2) is 0 Å². The fourth-order valence-corrected chi connectivity index (χ4v) is 14.6. The van der Waals surface area contributed by atoms with Gasteiger partial charge in [0.05, 0.1) is 31.0 Å². The monoisotopic (exact) mass is 1440 g/mol. The van der Waals surface area contributed by atoms with Gasteiger partial charge in [-0.05, 0) is 164 Å². The van der Waals surface area contributed by atoms with E-state index < -0.39 is 10.0 Å². The van der Waals surface area contributed by atoms with Crippen molar-refractivity contribution < 1.29 is 23.0 Å². The van der Waals surface area contributed by atoms with Crippen molar-refractivity contribution in [3.05, 3.63) is 209 Å². The smallest absolute Gasteiger partial charge is 0.243 e. The predicted octanol–water partition coefficient (Wildman–Crippen LogP) is 16.8. The summed E-state index contributed by atoms with van der Waals surface area (Å²) in [4.78, 5) is 14.1. The molecule has 5 aliphatic heterocycles. The van der Waals surface area contributed by atoms with E-state index in [-0.39, 0.29) is 39.1 Å². The molecule has 7 aromatic rings. The van der Waals surface area contributed by atoms with Crippen molar-refractivity contribution in [2.45, 2.75) is 213 Å². The van der Waals surface area contributed by atoms with Crippen molar-refractivity contribution in [2.75, 3.05) is 128 Å². The number of hydrogen-bond donors (Lipinski definition) is 3. The zero-order chi connectivity index (χ0) is 75.8. The lowest BCUT2D eigenvalue weighted by atomic mass is 9.86. The first kappa shape index (κ1) is 84.9. The summed E-state index contributed by atoms with van der Waals surface area (Å²) in [5.41, 5.74) is 14.5. The molecule has 5 saturated heterocycles. The summed E-state index contributed by atoms with van der Waals surface area (Å²) in [7, 11) is -3.31. The molecule has 12 rings (SSSR count). The standard InChI is InChI=1S/C16H26N2O.C15H23NO2S.2C15H23NO.C14H22N2.C14H18N2/c1-16(2,3)14-4-6-15(7-5-14)18-10-8-17(9-11-18)12-13-19;1-15(2,3)13-8-7-9-14(12-13)19(17,18)16-10-5-4-6-11-16;1-15(2,3)12-4-6-13(7-5-12)17-14-8-10-16-11-9-14;1-15(2,3)14-6-4-5-13(11-14)12-16-7-9-17-10-8-16;1-14(2,3)12-4-6-13(7-5-12)16-10-8-15-9-11-16;1-14(2,3)13-6-4-12(5-7-13)10-16-9-8-15-11-16/h4-7,19H,8-13H2,1-3H3;7-9,12H,4-6,10-11H2,1-3H3;4-7,14,16H,8-11H2,1-3H3;4-6,11H,7-10,12H2,1-3H3;4-7,15H,8-11H2,1-3H3;4-9,11H,10H2,1-3H3. The summed E-state index contributed by atoms with van der Waals surface area (Å²) in [6.07, 6.45) is 11.3. The normalized spacial score (nSPS) is 17.1. The van der Waals surface area contributed by atoms with Gasteiger partial charge in [-0.15, -0.1) is 0 Å². The van der Waals surface area contributed by atoms with E-state index in [0.717, 1.165) is 155 Å². The van der Waals surface area contributed by atoms with E-state index in [1.54, 1.807) is 10.4 Å². The van der Waals surface area contributed by atoms with Gasteiger partial charge in [0.25, 0.3) is 0 Å². The molecule has 15 heteroatoms. The lowest BCUT2D eigenvalue weighted by molar-refractivity contribution is 0.0342. The summed E-state index contributed by atoms with van der Waals surface area (Å²) in [5.74, 6) is 1.00. The molecule has 0 spiro atoms. The fraction of sp³-hybridized carbons (Fsp3) is 0.562. The van der Waals surface area contributed by atoms with Crippen LogP contribution in [0.15, 0.2) is 169 Å². The molecule has 6 aromatic carbocycles. The number of sulfonamides is 1. The van der Waals surface area contributed by atoms with Crippen molar-refractivity contribution in [3.63, 3.8) is 0 Å². The molecule has 3 N–H and O–H groups in total. The number of imidazole rings is 1. The van der Waals surface area contributed by atoms with Crippen molar-refractivity contribution in [3.8, 4) is 5.75 Å². The number of anilines is 2. The Morgan fingerprint density at radius 3 is 1.38 bits per heavy atom. The van der Waals surface area contributed by atoms with Gasteiger partial charge in [0.1, 0.15) is 11.9 Å². The molecule has 0 unspecified atom stereocenters. The Kier molecular flexibility index (Phi) is 32.2. The van der Waals surface area contributed by atoms with Gasteiger partial charge in [0, 0.05) is 122 Å². The summed E-state index contributed by atoms with van der Waals surface area (Å²) in [5, 5.41) is 15.7. The number of nitrogens with one attached hydrogen (secondary N) is 2. The first-order valence-corrected chi connectivity index (χ1v) is 40.3. The van der Waals surface area contributed by atoms with E-state index in [1.807, 2.05) is 36.9 Å². The predicted molar refractivity (Wildman–Crippen MR) is 438 cm³/mol. The number of hydrogen-bond acceptors (Lipinski definition) is 12. The molecule has 0 bridgehead atoms. The SMILES string of the molecule is CC(C)(C)c1ccc(Cn2ccnc2)cc1.CC(C)(C)c1ccc(N2CCN(CCO)CC2)cc1.CC(C)(C)c1ccc(N2CCNCC2)cc1.CC(C)(C)c1ccc(OC2CCNCC2)cc1.CC(C)(C)c1cccc(CN2CCOCC2)c1.CC(C)(C)c1cccc(S(=O)(=O)N2CCCCC2)c1. The van der Waals surface area contributed by atoms with Crippen LogP contribution in [-0.4, -0.2) is 161 Å². The lowest BCUT2D eigenvalue weighted by Gasteiger charge is -2.36. The highest BCUT2D eigenvalue weighted by atomic mass is 32.2. The van der Waals surface area contributed by atoms with Crippen LogP contribution < -0.4 is 25.2 Å². The van der Waals surface area contributed by atoms with Gasteiger partial charge in [0.2, 0.25) is 10.0 Å². The highest BCUT2D eigenvalue weighted by molar-refractivity contribution is 7.89. The van der Waals surface area contributed by atoms with Crippen LogP contribution in [0, 0.1) is 0 Å². The molecule has 572 valence electrons. The topological polar surface area (TPSA) is 131 Å². The molecule has 0 atom stereocenters. The largest absolute Gasteiger partial charge is 0.490 e. The minimum atomic E-state index is -3.31. The molecular weight excluding hydrogens is 1310 g/mol. The molecule has 5 aliphatic rings. The van der Waals surface area contributed by atoms with Crippen molar-refractivity contribution in [2.24, 2.45) is 0 Å². The lowest BCUT2D eigenvalue weighted by Crippen LogP contribution is -2.47. The third-order valence-corrected chi connectivity index (χ3v) is 22.0. The minimum Gasteiger partial charge on any atom is -0.490 e. The first-order chi connectivity index (χ1) is 49.1. The number of nitrogens with zero attached hydrogens (tertiary/aromatic N) is 7. The number of piperidine rings is 2. The average molecular weight is 1440 g/mol. The summed E-state index contributed by atoms with van der Waals surface area (Å²) in [6.45, 7) is 58.9. The summed E-state index contributed by atoms with van der Waals surface area (Å²) < 4.78 is 40.2. The Labute approximate surface area is 630 Å². The maximum absolute atomic E-state index is 12.6. The number of aliphatic hydroxyl groups is 1. The number of aromatic nitrogens is 2. The molecule has 14 nitrogen and oxygen atoms in total. The third-order valence-electron chi connectivity index (χ3n) is 20.1. The van der Waals surface area contributed by atoms with E-state index in [9.17, 15) is 8.42 Å². The molecular formula is C89H135N9O5S. The molecule has 6 heterocycles. The number of piperazine rings is 2. The third kappa shape index (κ3) is 28.4. The van der Waals surface area contributed by atoms with Gasteiger partial charge >= 0.3 is 0 Å². The maximum Gasteiger partial charge on any atom is 0.243 e. The molecule has 1 aromatic heterocycles. The fourth-order valence-electron chi connectivity index (χ4n) is 13.0.